The van der Waals surface area contributed by atoms with Crippen LogP contribution in [0, 0.1) is 0 Å². The molecule has 5 heteroatoms. The van der Waals surface area contributed by atoms with Crippen molar-refractivity contribution in [2.45, 2.75) is 46.0 Å². The maximum atomic E-state index is 11.7. The van der Waals surface area contributed by atoms with Crippen molar-refractivity contribution in [1.82, 2.24) is 5.32 Å². The summed E-state index contributed by atoms with van der Waals surface area (Å²) in [5, 5.41) is 5.48. The molecular formula is C17H26N2O3. The average Bonchev–Trinajstić information content (AvgIpc) is 2.43. The Labute approximate surface area is 132 Å². The van der Waals surface area contributed by atoms with Crippen LogP contribution in [0.2, 0.25) is 0 Å². The highest BCUT2D eigenvalue weighted by atomic mass is 16.5. The number of carbonyl (C=O) groups is 2. The van der Waals surface area contributed by atoms with E-state index in [0.717, 1.165) is 5.69 Å². The van der Waals surface area contributed by atoms with E-state index in [9.17, 15) is 9.59 Å². The van der Waals surface area contributed by atoms with Crippen molar-refractivity contribution >= 4 is 17.7 Å². The van der Waals surface area contributed by atoms with Gasteiger partial charge in [-0.15, -0.1) is 0 Å². The Hall–Kier alpha value is -2.04. The lowest BCUT2D eigenvalue weighted by molar-refractivity contribution is -0.143. The van der Waals surface area contributed by atoms with E-state index in [2.05, 4.69) is 31.4 Å². The Kier molecular flexibility index (Phi) is 6.89. The van der Waals surface area contributed by atoms with Crippen LogP contribution in [0.1, 0.15) is 46.1 Å². The standard InChI is InChI=1S/C17H26N2O3/c1-5-22-15(20)7-6-12-18-16(21)19-14-10-8-13(9-11-14)17(2,3)4/h8-11H,5-7,12H2,1-4H3,(H2,18,19,21). The van der Waals surface area contributed by atoms with Crippen molar-refractivity contribution in [1.29, 1.82) is 0 Å². The molecule has 1 aromatic carbocycles. The summed E-state index contributed by atoms with van der Waals surface area (Å²) in [7, 11) is 0. The second-order valence-corrected chi connectivity index (χ2v) is 6.12. The van der Waals surface area contributed by atoms with Gasteiger partial charge in [0.15, 0.2) is 0 Å². The minimum atomic E-state index is -0.271. The second kappa shape index (κ2) is 8.41. The van der Waals surface area contributed by atoms with Gasteiger partial charge in [0.05, 0.1) is 6.61 Å². The van der Waals surface area contributed by atoms with Crippen molar-refractivity contribution in [3.8, 4) is 0 Å². The van der Waals surface area contributed by atoms with E-state index in [0.29, 0.717) is 26.0 Å². The van der Waals surface area contributed by atoms with Crippen molar-refractivity contribution < 1.29 is 14.3 Å². The first-order valence-corrected chi connectivity index (χ1v) is 7.64. The molecule has 0 bridgehead atoms. The van der Waals surface area contributed by atoms with Crippen molar-refractivity contribution in [3.63, 3.8) is 0 Å². The van der Waals surface area contributed by atoms with Gasteiger partial charge in [-0.1, -0.05) is 32.9 Å². The van der Waals surface area contributed by atoms with Gasteiger partial charge >= 0.3 is 12.0 Å². The number of urea groups is 1. The number of nitrogens with one attached hydrogen (secondary N) is 2. The third-order valence-electron chi connectivity index (χ3n) is 3.16. The third-order valence-corrected chi connectivity index (χ3v) is 3.16. The van der Waals surface area contributed by atoms with Crippen LogP contribution in [0.25, 0.3) is 0 Å². The number of anilines is 1. The first-order chi connectivity index (χ1) is 10.3. The number of rotatable bonds is 6. The van der Waals surface area contributed by atoms with Gasteiger partial charge in [-0.25, -0.2) is 4.79 Å². The molecule has 0 aromatic heterocycles. The van der Waals surface area contributed by atoms with Crippen LogP contribution < -0.4 is 10.6 Å². The normalized spacial score (nSPS) is 10.9. The van der Waals surface area contributed by atoms with Crippen LogP contribution in [0.4, 0.5) is 10.5 Å². The lowest BCUT2D eigenvalue weighted by atomic mass is 9.87. The zero-order valence-corrected chi connectivity index (χ0v) is 13.9. The molecule has 0 atom stereocenters. The third kappa shape index (κ3) is 6.61. The summed E-state index contributed by atoms with van der Waals surface area (Å²) >= 11 is 0. The zero-order valence-electron chi connectivity index (χ0n) is 13.9. The maximum Gasteiger partial charge on any atom is 0.319 e. The Bertz CT molecular complexity index is 490. The predicted molar refractivity (Wildman–Crippen MR) is 88.0 cm³/mol. The molecule has 0 spiro atoms. The fourth-order valence-corrected chi connectivity index (χ4v) is 1.90. The molecule has 1 aromatic rings. The van der Waals surface area contributed by atoms with E-state index in [1.807, 2.05) is 24.3 Å². The molecule has 2 N–H and O–H groups in total. The Morgan fingerprint density at radius 1 is 1.14 bits per heavy atom. The van der Waals surface area contributed by atoms with Crippen LogP contribution in [0.5, 0.6) is 0 Å². The number of benzene rings is 1. The highest BCUT2D eigenvalue weighted by molar-refractivity contribution is 5.89. The summed E-state index contributed by atoms with van der Waals surface area (Å²) < 4.78 is 4.82. The summed E-state index contributed by atoms with van der Waals surface area (Å²) in [4.78, 5) is 22.9. The van der Waals surface area contributed by atoms with Gasteiger partial charge in [-0.3, -0.25) is 4.79 Å². The monoisotopic (exact) mass is 306 g/mol. The molecule has 0 heterocycles. The van der Waals surface area contributed by atoms with E-state index in [1.54, 1.807) is 6.92 Å². The first-order valence-electron chi connectivity index (χ1n) is 7.64. The molecule has 1 rings (SSSR count). The highest BCUT2D eigenvalue weighted by Gasteiger charge is 2.13. The summed E-state index contributed by atoms with van der Waals surface area (Å²) in [5.74, 6) is -0.234. The molecule has 22 heavy (non-hydrogen) atoms. The Morgan fingerprint density at radius 2 is 1.77 bits per heavy atom. The van der Waals surface area contributed by atoms with Gasteiger partial charge in [0, 0.05) is 18.7 Å². The fraction of sp³-hybridized carbons (Fsp3) is 0.529. The number of amides is 2. The van der Waals surface area contributed by atoms with E-state index < -0.39 is 0 Å². The van der Waals surface area contributed by atoms with Gasteiger partial charge in [-0.05, 0) is 36.5 Å². The molecule has 5 nitrogen and oxygen atoms in total. The number of hydrogen-bond acceptors (Lipinski definition) is 3. The zero-order chi connectivity index (χ0) is 16.6. The number of hydrogen-bond donors (Lipinski definition) is 2. The van der Waals surface area contributed by atoms with E-state index in [4.69, 9.17) is 4.74 Å². The van der Waals surface area contributed by atoms with Gasteiger partial charge < -0.3 is 15.4 Å². The van der Waals surface area contributed by atoms with Gasteiger partial charge in [-0.2, -0.15) is 0 Å². The lowest BCUT2D eigenvalue weighted by Crippen LogP contribution is -2.29. The van der Waals surface area contributed by atoms with E-state index in [1.165, 1.54) is 5.56 Å². The smallest absolute Gasteiger partial charge is 0.319 e. The lowest BCUT2D eigenvalue weighted by Gasteiger charge is -2.19. The maximum absolute atomic E-state index is 11.7. The molecule has 0 aliphatic heterocycles. The number of esters is 1. The summed E-state index contributed by atoms with van der Waals surface area (Å²) in [6.45, 7) is 9.03. The minimum Gasteiger partial charge on any atom is -0.466 e. The fourth-order valence-electron chi connectivity index (χ4n) is 1.90. The Morgan fingerprint density at radius 3 is 2.32 bits per heavy atom. The van der Waals surface area contributed by atoms with Crippen molar-refractivity contribution in [2.75, 3.05) is 18.5 Å². The molecule has 0 fully saturated rings. The van der Waals surface area contributed by atoms with E-state index in [-0.39, 0.29) is 17.4 Å². The summed E-state index contributed by atoms with van der Waals surface area (Å²) in [5.41, 5.74) is 2.05. The molecule has 0 unspecified atom stereocenters. The van der Waals surface area contributed by atoms with Crippen LogP contribution >= 0.6 is 0 Å². The molecule has 0 saturated heterocycles. The average molecular weight is 306 g/mol. The topological polar surface area (TPSA) is 67.4 Å². The largest absolute Gasteiger partial charge is 0.466 e. The molecule has 0 aliphatic carbocycles. The Balaban J connectivity index is 2.32. The van der Waals surface area contributed by atoms with Crippen LogP contribution in [0.15, 0.2) is 24.3 Å². The summed E-state index contributed by atoms with van der Waals surface area (Å²) in [6, 6.07) is 7.52. The minimum absolute atomic E-state index is 0.0912. The van der Waals surface area contributed by atoms with Crippen molar-refractivity contribution in [3.05, 3.63) is 29.8 Å². The molecule has 122 valence electrons. The quantitative estimate of drug-likeness (QED) is 0.625. The SMILES string of the molecule is CCOC(=O)CCCNC(=O)Nc1ccc(C(C)(C)C)cc1. The summed E-state index contributed by atoms with van der Waals surface area (Å²) in [6.07, 6.45) is 0.879. The van der Waals surface area contributed by atoms with E-state index >= 15 is 0 Å². The molecule has 0 radical (unpaired) electrons. The van der Waals surface area contributed by atoms with Crippen molar-refractivity contribution in [2.24, 2.45) is 0 Å². The van der Waals surface area contributed by atoms with Gasteiger partial charge in [0.25, 0.3) is 0 Å². The molecular weight excluding hydrogens is 280 g/mol. The van der Waals surface area contributed by atoms with Crippen LogP contribution in [0.3, 0.4) is 0 Å². The van der Waals surface area contributed by atoms with Gasteiger partial charge in [0.1, 0.15) is 0 Å². The second-order valence-electron chi connectivity index (χ2n) is 6.12. The molecule has 0 saturated carbocycles. The first kappa shape index (κ1) is 18.0. The number of carbonyl (C=O) groups excluding carboxylic acids is 2. The molecule has 0 aliphatic rings. The number of ether oxygens (including phenoxy) is 1. The highest BCUT2D eigenvalue weighted by Crippen LogP contribution is 2.23. The van der Waals surface area contributed by atoms with Gasteiger partial charge in [0.2, 0.25) is 0 Å². The molecule has 2 amide bonds. The van der Waals surface area contributed by atoms with Crippen LogP contribution in [-0.2, 0) is 14.9 Å². The predicted octanol–water partition coefficient (Wildman–Crippen LogP) is 3.45. The van der Waals surface area contributed by atoms with Crippen LogP contribution in [-0.4, -0.2) is 25.2 Å².